The van der Waals surface area contributed by atoms with Crippen molar-refractivity contribution in [1.29, 1.82) is 0 Å². The molecule has 0 amide bonds. The van der Waals surface area contributed by atoms with Crippen LogP contribution in [0.1, 0.15) is 27.7 Å². The van der Waals surface area contributed by atoms with Crippen molar-refractivity contribution in [2.24, 2.45) is 10.8 Å². The number of allylic oxidation sites excluding steroid dienone is 4. The van der Waals surface area contributed by atoms with Crippen LogP contribution in [0.25, 0.3) is 0 Å². The number of hydrogen-bond donors (Lipinski definition) is 1. The Morgan fingerprint density at radius 3 is 1.56 bits per heavy atom. The largest absolute Gasteiger partial charge is 0.391 e. The van der Waals surface area contributed by atoms with Gasteiger partial charge >= 0.3 is 0 Å². The van der Waals surface area contributed by atoms with E-state index >= 15 is 0 Å². The highest BCUT2D eigenvalue weighted by atomic mass is 16.3. The van der Waals surface area contributed by atoms with Gasteiger partial charge in [0.15, 0.2) is 0 Å². The lowest BCUT2D eigenvalue weighted by atomic mass is 9.66. The lowest BCUT2D eigenvalue weighted by molar-refractivity contribution is 0.0251. The van der Waals surface area contributed by atoms with Crippen molar-refractivity contribution in [3.63, 3.8) is 0 Å². The summed E-state index contributed by atoms with van der Waals surface area (Å²) in [5.41, 5.74) is 1.99. The van der Waals surface area contributed by atoms with Crippen LogP contribution in [-0.2, 0) is 0 Å². The predicted octanol–water partition coefficient (Wildman–Crippen LogP) is 3.39. The zero-order chi connectivity index (χ0) is 12.0. The van der Waals surface area contributed by atoms with E-state index in [-0.39, 0.29) is 10.8 Å². The molecule has 2 atom stereocenters. The molecule has 2 unspecified atom stereocenters. The molecule has 0 spiro atoms. The Bertz CT molecular complexity index is 385. The first-order valence-corrected chi connectivity index (χ1v) is 5.82. The van der Waals surface area contributed by atoms with Crippen LogP contribution in [-0.4, -0.2) is 11.2 Å². The van der Waals surface area contributed by atoms with Gasteiger partial charge in [0.2, 0.25) is 0 Å². The van der Waals surface area contributed by atoms with Crippen LogP contribution < -0.4 is 0 Å². The Morgan fingerprint density at radius 2 is 1.31 bits per heavy atom. The number of aliphatic hydroxyl groups excluding tert-OH is 1. The topological polar surface area (TPSA) is 20.2 Å². The molecule has 2 aliphatic rings. The standard InChI is InChI=1S/C15H20O/c1-11-7-5-9-14(11,3)13(16)15(4)10-6-8-12(15)2/h5-10,13,16H,1-4H3. The van der Waals surface area contributed by atoms with Gasteiger partial charge in [-0.3, -0.25) is 0 Å². The van der Waals surface area contributed by atoms with Gasteiger partial charge in [0.1, 0.15) is 0 Å². The normalized spacial score (nSPS) is 38.8. The minimum absolute atomic E-state index is 0.238. The first kappa shape index (κ1) is 11.4. The van der Waals surface area contributed by atoms with Crippen molar-refractivity contribution in [2.45, 2.75) is 33.8 Å². The number of rotatable bonds is 2. The molecule has 0 heterocycles. The van der Waals surface area contributed by atoms with E-state index in [1.807, 2.05) is 12.2 Å². The molecule has 1 heteroatoms. The van der Waals surface area contributed by atoms with E-state index in [2.05, 4.69) is 52.0 Å². The summed E-state index contributed by atoms with van der Waals surface area (Å²) in [6.45, 7) is 8.39. The van der Waals surface area contributed by atoms with E-state index in [4.69, 9.17) is 0 Å². The van der Waals surface area contributed by atoms with E-state index in [0.29, 0.717) is 0 Å². The lowest BCUT2D eigenvalue weighted by Crippen LogP contribution is -2.43. The van der Waals surface area contributed by atoms with Gasteiger partial charge in [-0.2, -0.15) is 0 Å². The molecular weight excluding hydrogens is 196 g/mol. The van der Waals surface area contributed by atoms with Gasteiger partial charge in [-0.15, -0.1) is 0 Å². The Hall–Kier alpha value is -1.08. The molecule has 0 saturated carbocycles. The highest BCUT2D eigenvalue weighted by molar-refractivity contribution is 5.40. The summed E-state index contributed by atoms with van der Waals surface area (Å²) in [7, 11) is 0. The molecule has 0 aliphatic heterocycles. The maximum absolute atomic E-state index is 10.7. The molecule has 1 nitrogen and oxygen atoms in total. The van der Waals surface area contributed by atoms with Crippen LogP contribution in [0.3, 0.4) is 0 Å². The third kappa shape index (κ3) is 1.35. The molecule has 0 aromatic rings. The fourth-order valence-electron chi connectivity index (χ4n) is 2.64. The SMILES string of the molecule is CC1=CC=CC1(C)C(O)C1(C)C=CC=C1C. The van der Waals surface area contributed by atoms with E-state index in [0.717, 1.165) is 0 Å². The van der Waals surface area contributed by atoms with Crippen LogP contribution in [0.4, 0.5) is 0 Å². The van der Waals surface area contributed by atoms with Crippen LogP contribution >= 0.6 is 0 Å². The first-order chi connectivity index (χ1) is 7.41. The molecule has 0 aromatic carbocycles. The highest BCUT2D eigenvalue weighted by Gasteiger charge is 2.46. The van der Waals surface area contributed by atoms with Crippen LogP contribution in [0.15, 0.2) is 47.6 Å². The van der Waals surface area contributed by atoms with Crippen LogP contribution in [0.5, 0.6) is 0 Å². The minimum Gasteiger partial charge on any atom is -0.391 e. The van der Waals surface area contributed by atoms with Crippen molar-refractivity contribution < 1.29 is 5.11 Å². The zero-order valence-corrected chi connectivity index (χ0v) is 10.5. The second-order valence-electron chi connectivity index (χ2n) is 5.39. The van der Waals surface area contributed by atoms with E-state index in [1.54, 1.807) is 0 Å². The third-order valence-electron chi connectivity index (χ3n) is 4.41. The maximum atomic E-state index is 10.7. The monoisotopic (exact) mass is 216 g/mol. The minimum atomic E-state index is -0.412. The van der Waals surface area contributed by atoms with Gasteiger partial charge in [-0.05, 0) is 27.7 Å². The summed E-state index contributed by atoms with van der Waals surface area (Å²) < 4.78 is 0. The first-order valence-electron chi connectivity index (χ1n) is 5.82. The second-order valence-corrected chi connectivity index (χ2v) is 5.39. The second kappa shape index (κ2) is 3.46. The van der Waals surface area contributed by atoms with Crippen molar-refractivity contribution in [1.82, 2.24) is 0 Å². The quantitative estimate of drug-likeness (QED) is 0.750. The molecule has 2 aliphatic carbocycles. The Balaban J connectivity index is 2.37. The molecule has 86 valence electrons. The fourth-order valence-corrected chi connectivity index (χ4v) is 2.64. The van der Waals surface area contributed by atoms with Crippen LogP contribution in [0.2, 0.25) is 0 Å². The average molecular weight is 216 g/mol. The van der Waals surface area contributed by atoms with E-state index in [1.165, 1.54) is 11.1 Å². The van der Waals surface area contributed by atoms with Gasteiger partial charge in [-0.25, -0.2) is 0 Å². The Labute approximate surface area is 97.9 Å². The smallest absolute Gasteiger partial charge is 0.0790 e. The Morgan fingerprint density at radius 1 is 0.938 bits per heavy atom. The molecule has 0 aromatic heterocycles. The van der Waals surface area contributed by atoms with Crippen molar-refractivity contribution in [3.05, 3.63) is 47.6 Å². The summed E-state index contributed by atoms with van der Waals surface area (Å²) in [6, 6.07) is 0. The summed E-state index contributed by atoms with van der Waals surface area (Å²) in [6.07, 6.45) is 12.1. The van der Waals surface area contributed by atoms with Crippen molar-refractivity contribution >= 4 is 0 Å². The van der Waals surface area contributed by atoms with Gasteiger partial charge in [0.05, 0.1) is 6.10 Å². The highest BCUT2D eigenvalue weighted by Crippen LogP contribution is 2.48. The van der Waals surface area contributed by atoms with E-state index in [9.17, 15) is 5.11 Å². The van der Waals surface area contributed by atoms with Gasteiger partial charge < -0.3 is 5.11 Å². The molecular formula is C15H20O. The number of aliphatic hydroxyl groups is 1. The molecule has 0 fully saturated rings. The summed E-state index contributed by atoms with van der Waals surface area (Å²) >= 11 is 0. The lowest BCUT2D eigenvalue weighted by Gasteiger charge is -2.41. The predicted molar refractivity (Wildman–Crippen MR) is 68.0 cm³/mol. The van der Waals surface area contributed by atoms with Crippen molar-refractivity contribution in [3.8, 4) is 0 Å². The molecule has 1 N–H and O–H groups in total. The summed E-state index contributed by atoms with van der Waals surface area (Å²) in [5.74, 6) is 0. The summed E-state index contributed by atoms with van der Waals surface area (Å²) in [5, 5.41) is 10.7. The van der Waals surface area contributed by atoms with Crippen LogP contribution in [0, 0.1) is 10.8 Å². The third-order valence-corrected chi connectivity index (χ3v) is 4.41. The Kier molecular flexibility index (Phi) is 2.47. The average Bonchev–Trinajstić information content (AvgIpc) is 2.74. The molecule has 2 rings (SSSR count). The summed E-state index contributed by atoms with van der Waals surface area (Å²) in [4.78, 5) is 0. The molecule has 0 bridgehead atoms. The number of hydrogen-bond acceptors (Lipinski definition) is 1. The van der Waals surface area contributed by atoms with Gasteiger partial charge in [0, 0.05) is 10.8 Å². The molecule has 0 radical (unpaired) electrons. The molecule has 0 saturated heterocycles. The van der Waals surface area contributed by atoms with Gasteiger partial charge in [-0.1, -0.05) is 47.6 Å². The van der Waals surface area contributed by atoms with Gasteiger partial charge in [0.25, 0.3) is 0 Å². The maximum Gasteiger partial charge on any atom is 0.0790 e. The van der Waals surface area contributed by atoms with Crippen molar-refractivity contribution in [2.75, 3.05) is 0 Å². The zero-order valence-electron chi connectivity index (χ0n) is 10.5. The fraction of sp³-hybridized carbons (Fsp3) is 0.467. The van der Waals surface area contributed by atoms with E-state index < -0.39 is 6.10 Å². The molecule has 16 heavy (non-hydrogen) atoms.